The first-order chi connectivity index (χ1) is 12.4. The quantitative estimate of drug-likeness (QED) is 0.750. The molecular formula is C18H15F2N3O3. The van der Waals surface area contributed by atoms with Crippen LogP contribution in [0.5, 0.6) is 0 Å². The molecule has 0 fully saturated rings. The number of ether oxygens (including phenoxy) is 1. The fourth-order valence-electron chi connectivity index (χ4n) is 2.54. The maximum absolute atomic E-state index is 13.5. The maximum atomic E-state index is 13.5. The van der Waals surface area contributed by atoms with E-state index in [-0.39, 0.29) is 12.3 Å². The lowest BCUT2D eigenvalue weighted by Gasteiger charge is -2.16. The number of hydrogen-bond donors (Lipinski definition) is 1. The molecule has 1 aromatic heterocycles. The summed E-state index contributed by atoms with van der Waals surface area (Å²) >= 11 is 0. The smallest absolute Gasteiger partial charge is 0.405 e. The van der Waals surface area contributed by atoms with E-state index in [1.54, 1.807) is 31.2 Å². The van der Waals surface area contributed by atoms with E-state index >= 15 is 0 Å². The van der Waals surface area contributed by atoms with Gasteiger partial charge < -0.3 is 14.9 Å². The monoisotopic (exact) mass is 359 g/mol. The summed E-state index contributed by atoms with van der Waals surface area (Å²) < 4.78 is 37.1. The van der Waals surface area contributed by atoms with E-state index in [1.807, 2.05) is 0 Å². The second kappa shape index (κ2) is 7.30. The Balaban J connectivity index is 1.93. The van der Waals surface area contributed by atoms with Crippen molar-refractivity contribution < 1.29 is 22.7 Å². The lowest BCUT2D eigenvalue weighted by molar-refractivity contribution is 0.102. The van der Waals surface area contributed by atoms with Crippen LogP contribution in [0.2, 0.25) is 0 Å². The summed E-state index contributed by atoms with van der Waals surface area (Å²) in [6.07, 6.45) is -1.59. The van der Waals surface area contributed by atoms with Crippen molar-refractivity contribution >= 4 is 6.09 Å². The van der Waals surface area contributed by atoms with Crippen LogP contribution in [0.25, 0.3) is 11.1 Å². The van der Waals surface area contributed by atoms with Crippen molar-refractivity contribution in [1.82, 2.24) is 10.2 Å². The maximum Gasteiger partial charge on any atom is 0.405 e. The molecule has 0 saturated carbocycles. The molecule has 2 aromatic carbocycles. The van der Waals surface area contributed by atoms with Gasteiger partial charge in [0.15, 0.2) is 11.6 Å². The van der Waals surface area contributed by atoms with Crippen molar-refractivity contribution in [3.8, 4) is 11.1 Å². The van der Waals surface area contributed by atoms with Crippen molar-refractivity contribution in [3.05, 3.63) is 71.4 Å². The highest BCUT2D eigenvalue weighted by atomic mass is 19.2. The summed E-state index contributed by atoms with van der Waals surface area (Å²) in [5.74, 6) is -1.20. The minimum absolute atomic E-state index is 0.130. The van der Waals surface area contributed by atoms with E-state index < -0.39 is 23.8 Å². The Morgan fingerprint density at radius 2 is 1.92 bits per heavy atom. The topological polar surface area (TPSA) is 91.2 Å². The van der Waals surface area contributed by atoms with Gasteiger partial charge in [0.25, 0.3) is 0 Å². The zero-order chi connectivity index (χ0) is 18.7. The molecule has 1 heterocycles. The molecule has 134 valence electrons. The summed E-state index contributed by atoms with van der Waals surface area (Å²) in [5.41, 5.74) is 6.86. The Morgan fingerprint density at radius 1 is 1.15 bits per heavy atom. The summed E-state index contributed by atoms with van der Waals surface area (Å²) in [4.78, 5) is 11.3. The van der Waals surface area contributed by atoms with Crippen LogP contribution < -0.4 is 5.73 Å². The fraction of sp³-hybridized carbons (Fsp3) is 0.167. The third-order valence-electron chi connectivity index (χ3n) is 3.70. The second-order valence-corrected chi connectivity index (χ2v) is 5.60. The normalized spacial score (nSPS) is 12.0. The average Bonchev–Trinajstić information content (AvgIpc) is 3.01. The number of nitrogens with zero attached hydrogens (tertiary/aromatic N) is 2. The molecule has 1 amide bonds. The van der Waals surface area contributed by atoms with Crippen molar-refractivity contribution in [1.29, 1.82) is 0 Å². The van der Waals surface area contributed by atoms with Gasteiger partial charge in [0, 0.05) is 6.92 Å². The Kier molecular flexibility index (Phi) is 4.92. The summed E-state index contributed by atoms with van der Waals surface area (Å²) in [7, 11) is 0. The van der Waals surface area contributed by atoms with Gasteiger partial charge in [-0.25, -0.2) is 13.6 Å². The van der Waals surface area contributed by atoms with Crippen LogP contribution in [0.1, 0.15) is 23.4 Å². The van der Waals surface area contributed by atoms with Crippen LogP contribution in [0, 0.1) is 18.6 Å². The molecule has 26 heavy (non-hydrogen) atoms. The number of primary amides is 1. The average molecular weight is 359 g/mol. The number of aromatic nitrogens is 2. The first kappa shape index (κ1) is 17.5. The molecular weight excluding hydrogens is 344 g/mol. The Labute approximate surface area is 147 Å². The molecule has 1 unspecified atom stereocenters. The molecule has 0 bridgehead atoms. The summed E-state index contributed by atoms with van der Waals surface area (Å²) in [6.45, 7) is 1.64. The summed E-state index contributed by atoms with van der Waals surface area (Å²) in [5, 5.41) is 7.61. The lowest BCUT2D eigenvalue weighted by Crippen LogP contribution is -2.19. The molecule has 0 aliphatic carbocycles. The number of nitrogens with two attached hydrogens (primary N) is 1. The van der Waals surface area contributed by atoms with Gasteiger partial charge in [-0.05, 0) is 34.9 Å². The van der Waals surface area contributed by atoms with E-state index in [4.69, 9.17) is 14.9 Å². The highest BCUT2D eigenvalue weighted by Gasteiger charge is 2.20. The van der Waals surface area contributed by atoms with Crippen LogP contribution >= 0.6 is 0 Å². The minimum atomic E-state index is -0.954. The Hall–Kier alpha value is -3.29. The van der Waals surface area contributed by atoms with Crippen LogP contribution in [-0.4, -0.2) is 16.3 Å². The largest absolute Gasteiger partial charge is 0.441 e. The van der Waals surface area contributed by atoms with E-state index in [2.05, 4.69) is 10.2 Å². The summed E-state index contributed by atoms with van der Waals surface area (Å²) in [6, 6.07) is 10.5. The zero-order valence-corrected chi connectivity index (χ0v) is 13.8. The van der Waals surface area contributed by atoms with E-state index in [0.717, 1.165) is 12.1 Å². The SMILES string of the molecule is Cc1nnc(CC(OC(N)=O)c2cccc(-c3ccc(F)c(F)c3)c2)o1. The highest BCUT2D eigenvalue weighted by molar-refractivity contribution is 5.66. The molecule has 1 atom stereocenters. The van der Waals surface area contributed by atoms with E-state index in [0.29, 0.717) is 22.6 Å². The van der Waals surface area contributed by atoms with Crippen molar-refractivity contribution in [2.75, 3.05) is 0 Å². The number of amides is 1. The van der Waals surface area contributed by atoms with Gasteiger partial charge in [0.2, 0.25) is 11.8 Å². The second-order valence-electron chi connectivity index (χ2n) is 5.60. The van der Waals surface area contributed by atoms with Gasteiger partial charge >= 0.3 is 6.09 Å². The van der Waals surface area contributed by atoms with Gasteiger partial charge in [-0.2, -0.15) is 0 Å². The molecule has 0 radical (unpaired) electrons. The van der Waals surface area contributed by atoms with Gasteiger partial charge in [0.05, 0.1) is 6.42 Å². The number of halogens is 2. The van der Waals surface area contributed by atoms with Gasteiger partial charge in [-0.3, -0.25) is 0 Å². The number of aryl methyl sites for hydroxylation is 1. The predicted octanol–water partition coefficient (Wildman–Crippen LogP) is 3.70. The number of hydrogen-bond acceptors (Lipinski definition) is 5. The first-order valence-corrected chi connectivity index (χ1v) is 7.73. The van der Waals surface area contributed by atoms with Gasteiger partial charge in [-0.1, -0.05) is 24.3 Å². The van der Waals surface area contributed by atoms with E-state index in [9.17, 15) is 13.6 Å². The molecule has 3 aromatic rings. The fourth-order valence-corrected chi connectivity index (χ4v) is 2.54. The molecule has 0 saturated heterocycles. The molecule has 0 aliphatic rings. The Bertz CT molecular complexity index is 943. The van der Waals surface area contributed by atoms with Crippen molar-refractivity contribution in [3.63, 3.8) is 0 Å². The zero-order valence-electron chi connectivity index (χ0n) is 13.8. The number of carbonyl (C=O) groups excluding carboxylic acids is 1. The molecule has 6 nitrogen and oxygen atoms in total. The highest BCUT2D eigenvalue weighted by Crippen LogP contribution is 2.28. The molecule has 0 aliphatic heterocycles. The van der Waals surface area contributed by atoms with Crippen LogP contribution in [0.15, 0.2) is 46.9 Å². The van der Waals surface area contributed by atoms with Gasteiger partial charge in [0.1, 0.15) is 6.10 Å². The number of carbonyl (C=O) groups is 1. The minimum Gasteiger partial charge on any atom is -0.441 e. The van der Waals surface area contributed by atoms with Crippen molar-refractivity contribution in [2.24, 2.45) is 5.73 Å². The standard InChI is InChI=1S/C18H15F2N3O3/c1-10-22-23-17(25-10)9-16(26-18(21)24)13-4-2-3-11(7-13)12-5-6-14(19)15(20)8-12/h2-8,16H,9H2,1H3,(H2,21,24). The van der Waals surface area contributed by atoms with E-state index in [1.165, 1.54) is 6.07 Å². The lowest BCUT2D eigenvalue weighted by atomic mass is 9.99. The predicted molar refractivity (Wildman–Crippen MR) is 87.9 cm³/mol. The van der Waals surface area contributed by atoms with Gasteiger partial charge in [-0.15, -0.1) is 10.2 Å². The molecule has 2 N–H and O–H groups in total. The van der Waals surface area contributed by atoms with Crippen LogP contribution in [-0.2, 0) is 11.2 Å². The molecule has 8 heteroatoms. The third kappa shape index (κ3) is 4.02. The van der Waals surface area contributed by atoms with Crippen molar-refractivity contribution in [2.45, 2.75) is 19.4 Å². The number of rotatable bonds is 5. The van der Waals surface area contributed by atoms with Crippen LogP contribution in [0.4, 0.5) is 13.6 Å². The molecule has 3 rings (SSSR count). The Morgan fingerprint density at radius 3 is 2.58 bits per heavy atom. The van der Waals surface area contributed by atoms with Crippen LogP contribution in [0.3, 0.4) is 0 Å². The third-order valence-corrected chi connectivity index (χ3v) is 3.70. The first-order valence-electron chi connectivity index (χ1n) is 7.73. The number of benzene rings is 2. The molecule has 0 spiro atoms.